The summed E-state index contributed by atoms with van der Waals surface area (Å²) >= 11 is 7.62. The number of benzene rings is 2. The number of carbonyl (C=O) groups is 1. The summed E-state index contributed by atoms with van der Waals surface area (Å²) < 4.78 is 0. The van der Waals surface area contributed by atoms with Gasteiger partial charge in [0.15, 0.2) is 0 Å². The van der Waals surface area contributed by atoms with Crippen molar-refractivity contribution in [3.63, 3.8) is 0 Å². The molecule has 3 unspecified atom stereocenters. The molecule has 4 nitrogen and oxygen atoms in total. The molecule has 0 aromatic heterocycles. The van der Waals surface area contributed by atoms with E-state index >= 15 is 0 Å². The normalized spacial score (nSPS) is 27.5. The molecule has 0 aliphatic carbocycles. The lowest BCUT2D eigenvalue weighted by atomic mass is 9.95. The van der Waals surface area contributed by atoms with E-state index in [2.05, 4.69) is 45.2 Å². The van der Waals surface area contributed by atoms with Gasteiger partial charge in [-0.1, -0.05) is 48.0 Å². The van der Waals surface area contributed by atoms with E-state index in [-0.39, 0.29) is 23.5 Å². The molecule has 3 atom stereocenters. The minimum atomic E-state index is -0.151. The number of halogens is 1. The fraction of sp³-hybridized carbons (Fsp3) is 0.286. The molecule has 2 aromatic carbocycles. The largest absolute Gasteiger partial charge is 0.327 e. The van der Waals surface area contributed by atoms with Gasteiger partial charge in [-0.15, -0.1) is 11.8 Å². The van der Waals surface area contributed by atoms with Gasteiger partial charge in [0.1, 0.15) is 11.5 Å². The lowest BCUT2D eigenvalue weighted by molar-refractivity contribution is -0.125. The van der Waals surface area contributed by atoms with Crippen LogP contribution in [0.3, 0.4) is 0 Å². The Morgan fingerprint density at radius 2 is 1.85 bits per heavy atom. The molecular formula is C21H20ClN3OS. The first-order chi connectivity index (χ1) is 13.2. The van der Waals surface area contributed by atoms with Crippen LogP contribution in [-0.4, -0.2) is 34.9 Å². The minimum absolute atomic E-state index is 0.00657. The summed E-state index contributed by atoms with van der Waals surface area (Å²) in [5.74, 6) is 0.104. The quantitative estimate of drug-likeness (QED) is 0.816. The van der Waals surface area contributed by atoms with Crippen molar-refractivity contribution in [2.45, 2.75) is 30.5 Å². The van der Waals surface area contributed by atoms with Crippen LogP contribution in [0.4, 0.5) is 0 Å². The summed E-state index contributed by atoms with van der Waals surface area (Å²) in [6.07, 6.45) is 0.856. The third-order valence-corrected chi connectivity index (χ3v) is 6.98. The van der Waals surface area contributed by atoms with E-state index in [1.165, 1.54) is 16.7 Å². The summed E-state index contributed by atoms with van der Waals surface area (Å²) in [6, 6.07) is 16.4. The molecule has 0 saturated carbocycles. The van der Waals surface area contributed by atoms with Crippen molar-refractivity contribution >= 4 is 34.8 Å². The van der Waals surface area contributed by atoms with E-state index in [1.54, 1.807) is 11.8 Å². The second-order valence-electron chi connectivity index (χ2n) is 7.18. The van der Waals surface area contributed by atoms with Crippen LogP contribution in [0.1, 0.15) is 16.7 Å². The molecular weight excluding hydrogens is 378 g/mol. The molecule has 0 bridgehead atoms. The molecule has 1 saturated heterocycles. The van der Waals surface area contributed by atoms with Gasteiger partial charge in [0.25, 0.3) is 0 Å². The van der Waals surface area contributed by atoms with E-state index < -0.39 is 0 Å². The van der Waals surface area contributed by atoms with E-state index in [1.807, 2.05) is 24.3 Å². The number of nitrogens with one attached hydrogen (secondary N) is 2. The van der Waals surface area contributed by atoms with Crippen LogP contribution >= 0.6 is 23.4 Å². The van der Waals surface area contributed by atoms with Crippen molar-refractivity contribution in [3.8, 4) is 0 Å². The molecule has 0 spiro atoms. The molecule has 3 aliphatic heterocycles. The highest BCUT2D eigenvalue weighted by Gasteiger charge is 2.43. The zero-order valence-corrected chi connectivity index (χ0v) is 16.3. The summed E-state index contributed by atoms with van der Waals surface area (Å²) in [5.41, 5.74) is 5.03. The van der Waals surface area contributed by atoms with Crippen LogP contribution in [0.2, 0.25) is 5.02 Å². The third-order valence-electron chi connectivity index (χ3n) is 5.56. The number of nitrogens with zero attached hydrogens (tertiary/aromatic N) is 1. The molecule has 27 heavy (non-hydrogen) atoms. The van der Waals surface area contributed by atoms with Gasteiger partial charge in [0.2, 0.25) is 5.91 Å². The molecule has 2 N–H and O–H groups in total. The van der Waals surface area contributed by atoms with Crippen molar-refractivity contribution in [3.05, 3.63) is 75.7 Å². The topological polar surface area (TPSA) is 44.4 Å². The number of amides is 1. The van der Waals surface area contributed by atoms with Gasteiger partial charge >= 0.3 is 0 Å². The van der Waals surface area contributed by atoms with Gasteiger partial charge in [0.05, 0.1) is 6.04 Å². The minimum Gasteiger partial charge on any atom is -0.327 e. The first-order valence-electron chi connectivity index (χ1n) is 9.18. The van der Waals surface area contributed by atoms with Gasteiger partial charge < -0.3 is 5.32 Å². The van der Waals surface area contributed by atoms with Crippen LogP contribution in [0.25, 0.3) is 5.57 Å². The Hall–Kier alpha value is -1.79. The van der Waals surface area contributed by atoms with E-state index in [0.717, 1.165) is 30.1 Å². The molecule has 3 heterocycles. The SMILES string of the molecule is O=C1NC(N2CCc3ccccc3C2)NC2C(c3ccc(Cl)cc3)=CSC12. The van der Waals surface area contributed by atoms with Gasteiger partial charge in [-0.3, -0.25) is 15.0 Å². The predicted molar refractivity (Wildman–Crippen MR) is 110 cm³/mol. The van der Waals surface area contributed by atoms with Crippen LogP contribution < -0.4 is 10.6 Å². The molecule has 6 heteroatoms. The Morgan fingerprint density at radius 1 is 1.07 bits per heavy atom. The Balaban J connectivity index is 1.37. The molecule has 1 amide bonds. The van der Waals surface area contributed by atoms with Crippen molar-refractivity contribution in [1.82, 2.24) is 15.5 Å². The van der Waals surface area contributed by atoms with Crippen LogP contribution in [0.15, 0.2) is 53.9 Å². The Labute approximate surface area is 168 Å². The molecule has 1 fully saturated rings. The van der Waals surface area contributed by atoms with E-state index in [0.29, 0.717) is 0 Å². The van der Waals surface area contributed by atoms with Crippen LogP contribution in [0, 0.1) is 0 Å². The standard InChI is InChI=1S/C21H20ClN3OS/c22-16-7-5-14(6-8-16)17-12-27-19-18(17)23-21(24-20(19)26)25-10-9-13-3-1-2-4-15(13)11-25/h1-8,12,18-19,21,23H,9-11H2,(H,24,26). The van der Waals surface area contributed by atoms with Crippen molar-refractivity contribution in [2.24, 2.45) is 0 Å². The number of rotatable bonds is 2. The van der Waals surface area contributed by atoms with Crippen molar-refractivity contribution in [1.29, 1.82) is 0 Å². The fourth-order valence-electron chi connectivity index (χ4n) is 4.11. The summed E-state index contributed by atoms with van der Waals surface area (Å²) in [4.78, 5) is 15.1. The average molecular weight is 398 g/mol. The molecule has 0 radical (unpaired) electrons. The highest BCUT2D eigenvalue weighted by atomic mass is 35.5. The second-order valence-corrected chi connectivity index (χ2v) is 8.63. The second kappa shape index (κ2) is 6.99. The molecule has 138 valence electrons. The first-order valence-corrected chi connectivity index (χ1v) is 10.5. The number of thioether (sulfide) groups is 1. The summed E-state index contributed by atoms with van der Waals surface area (Å²) in [6.45, 7) is 1.78. The van der Waals surface area contributed by atoms with Gasteiger partial charge in [-0.25, -0.2) is 0 Å². The average Bonchev–Trinajstić information content (AvgIpc) is 3.13. The number of hydrogen-bond donors (Lipinski definition) is 2. The summed E-state index contributed by atoms with van der Waals surface area (Å²) in [7, 11) is 0. The van der Waals surface area contributed by atoms with Gasteiger partial charge in [0, 0.05) is 18.1 Å². The maximum absolute atomic E-state index is 12.8. The zero-order valence-electron chi connectivity index (χ0n) is 14.7. The lowest BCUT2D eigenvalue weighted by Gasteiger charge is -2.42. The smallest absolute Gasteiger partial charge is 0.237 e. The zero-order chi connectivity index (χ0) is 18.4. The summed E-state index contributed by atoms with van der Waals surface area (Å²) in [5, 5.41) is 9.56. The Bertz CT molecular complexity index is 914. The van der Waals surface area contributed by atoms with Crippen molar-refractivity contribution in [2.75, 3.05) is 6.54 Å². The van der Waals surface area contributed by atoms with E-state index in [4.69, 9.17) is 11.6 Å². The number of fused-ring (bicyclic) bond motifs is 2. The lowest BCUT2D eigenvalue weighted by Crippen LogP contribution is -2.68. The van der Waals surface area contributed by atoms with E-state index in [9.17, 15) is 4.79 Å². The van der Waals surface area contributed by atoms with Gasteiger partial charge in [-0.2, -0.15) is 0 Å². The molecule has 2 aromatic rings. The van der Waals surface area contributed by atoms with Gasteiger partial charge in [-0.05, 0) is 46.2 Å². The Kier molecular flexibility index (Phi) is 4.48. The maximum atomic E-state index is 12.8. The van der Waals surface area contributed by atoms with Crippen LogP contribution in [0.5, 0.6) is 0 Å². The first kappa shape index (κ1) is 17.3. The monoisotopic (exact) mass is 397 g/mol. The number of hydrogen-bond acceptors (Lipinski definition) is 4. The molecule has 3 aliphatic rings. The Morgan fingerprint density at radius 3 is 2.67 bits per heavy atom. The predicted octanol–water partition coefficient (Wildman–Crippen LogP) is 3.23. The highest BCUT2D eigenvalue weighted by molar-refractivity contribution is 8.04. The number of carbonyl (C=O) groups excluding carboxylic acids is 1. The highest BCUT2D eigenvalue weighted by Crippen LogP contribution is 2.39. The van der Waals surface area contributed by atoms with Crippen LogP contribution in [-0.2, 0) is 17.8 Å². The fourth-order valence-corrected chi connectivity index (χ4v) is 5.38. The van der Waals surface area contributed by atoms with Crippen molar-refractivity contribution < 1.29 is 4.79 Å². The third kappa shape index (κ3) is 3.19. The maximum Gasteiger partial charge on any atom is 0.237 e. The molecule has 5 rings (SSSR count).